The van der Waals surface area contributed by atoms with Gasteiger partial charge in [-0.3, -0.25) is 4.79 Å². The Morgan fingerprint density at radius 3 is 2.52 bits per heavy atom. The lowest BCUT2D eigenvalue weighted by Gasteiger charge is -2.29. The van der Waals surface area contributed by atoms with Gasteiger partial charge in [0, 0.05) is 18.1 Å². The zero-order valence-electron chi connectivity index (χ0n) is 13.1. The number of nitrogens with two attached hydrogens (primary N) is 1. The van der Waals surface area contributed by atoms with Crippen molar-refractivity contribution in [3.05, 3.63) is 0 Å². The van der Waals surface area contributed by atoms with Crippen LogP contribution >= 0.6 is 0 Å². The Bertz CT molecular complexity index is 349. The van der Waals surface area contributed by atoms with Crippen LogP contribution in [-0.2, 0) is 4.79 Å². The summed E-state index contributed by atoms with van der Waals surface area (Å²) in [6.07, 6.45) is 6.36. The van der Waals surface area contributed by atoms with E-state index in [2.05, 4.69) is 10.6 Å². The minimum atomic E-state index is -0.764. The molecule has 1 aliphatic rings. The Balaban J connectivity index is 2.19. The average Bonchev–Trinajstić information content (AvgIpc) is 2.41. The molecule has 21 heavy (non-hydrogen) atoms. The second-order valence-electron chi connectivity index (χ2n) is 6.24. The predicted octanol–water partition coefficient (Wildman–Crippen LogP) is 1.83. The van der Waals surface area contributed by atoms with Crippen LogP contribution < -0.4 is 16.4 Å². The Morgan fingerprint density at radius 2 is 1.90 bits per heavy atom. The summed E-state index contributed by atoms with van der Waals surface area (Å²) in [4.78, 5) is 22.6. The van der Waals surface area contributed by atoms with Gasteiger partial charge in [0.1, 0.15) is 0 Å². The van der Waals surface area contributed by atoms with Gasteiger partial charge in [-0.15, -0.1) is 0 Å². The summed E-state index contributed by atoms with van der Waals surface area (Å²) in [5, 5.41) is 14.7. The molecule has 5 N–H and O–H groups in total. The van der Waals surface area contributed by atoms with E-state index < -0.39 is 5.97 Å². The molecule has 0 aromatic rings. The number of rotatable bonds is 7. The fourth-order valence-corrected chi connectivity index (χ4v) is 2.70. The van der Waals surface area contributed by atoms with E-state index in [4.69, 9.17) is 10.8 Å². The number of nitrogens with one attached hydrogen (secondary N) is 2. The first-order valence-corrected chi connectivity index (χ1v) is 7.95. The summed E-state index contributed by atoms with van der Waals surface area (Å²) in [6.45, 7) is 3.64. The highest BCUT2D eigenvalue weighted by molar-refractivity contribution is 5.74. The highest BCUT2D eigenvalue weighted by Crippen LogP contribution is 2.16. The molecule has 6 heteroatoms. The molecule has 0 spiro atoms. The van der Waals surface area contributed by atoms with Gasteiger partial charge in [-0.2, -0.15) is 0 Å². The van der Waals surface area contributed by atoms with E-state index in [9.17, 15) is 9.59 Å². The van der Waals surface area contributed by atoms with Crippen LogP contribution in [-0.4, -0.2) is 35.2 Å². The molecule has 0 saturated heterocycles. The number of amides is 2. The highest BCUT2D eigenvalue weighted by atomic mass is 16.4. The van der Waals surface area contributed by atoms with Crippen molar-refractivity contribution in [2.24, 2.45) is 11.7 Å². The lowest BCUT2D eigenvalue weighted by molar-refractivity contribution is -0.141. The predicted molar refractivity (Wildman–Crippen MR) is 82.0 cm³/mol. The summed E-state index contributed by atoms with van der Waals surface area (Å²) in [6, 6.07) is -0.0175. The lowest BCUT2D eigenvalue weighted by Crippen LogP contribution is -2.53. The highest BCUT2D eigenvalue weighted by Gasteiger charge is 2.23. The van der Waals surface area contributed by atoms with E-state index in [1.165, 1.54) is 0 Å². The molecule has 1 saturated carbocycles. The van der Waals surface area contributed by atoms with Crippen molar-refractivity contribution in [1.82, 2.24) is 10.6 Å². The van der Waals surface area contributed by atoms with Crippen molar-refractivity contribution < 1.29 is 14.7 Å². The topological polar surface area (TPSA) is 104 Å². The van der Waals surface area contributed by atoms with E-state index >= 15 is 0 Å². The summed E-state index contributed by atoms with van der Waals surface area (Å²) in [5.41, 5.74) is 6.00. The Labute approximate surface area is 126 Å². The molecule has 0 bridgehead atoms. The van der Waals surface area contributed by atoms with Crippen molar-refractivity contribution in [1.29, 1.82) is 0 Å². The molecule has 0 aromatic carbocycles. The van der Waals surface area contributed by atoms with E-state index in [0.717, 1.165) is 38.5 Å². The lowest BCUT2D eigenvalue weighted by atomic mass is 9.91. The zero-order chi connectivity index (χ0) is 15.8. The third kappa shape index (κ3) is 6.80. The van der Waals surface area contributed by atoms with Crippen molar-refractivity contribution in [2.45, 2.75) is 76.9 Å². The third-order valence-corrected chi connectivity index (χ3v) is 4.21. The number of carboxylic acid groups (broad SMARTS) is 1. The van der Waals surface area contributed by atoms with Gasteiger partial charge in [0.15, 0.2) is 0 Å². The largest absolute Gasteiger partial charge is 0.481 e. The molecule has 0 aromatic heterocycles. The monoisotopic (exact) mass is 299 g/mol. The van der Waals surface area contributed by atoms with Gasteiger partial charge in [-0.1, -0.05) is 26.2 Å². The number of hydrogen-bond donors (Lipinski definition) is 4. The molecule has 0 aliphatic heterocycles. The van der Waals surface area contributed by atoms with Gasteiger partial charge in [0.25, 0.3) is 0 Å². The van der Waals surface area contributed by atoms with Crippen LogP contribution in [0.4, 0.5) is 4.79 Å². The quantitative estimate of drug-likeness (QED) is 0.575. The number of carbonyl (C=O) groups excluding carboxylic acids is 1. The van der Waals surface area contributed by atoms with Gasteiger partial charge in [-0.05, 0) is 32.6 Å². The minimum absolute atomic E-state index is 0.0332. The molecule has 4 unspecified atom stereocenters. The number of hydrogen-bond acceptors (Lipinski definition) is 3. The smallest absolute Gasteiger partial charge is 0.315 e. The molecule has 6 nitrogen and oxygen atoms in total. The molecule has 1 rings (SSSR count). The molecule has 0 radical (unpaired) electrons. The van der Waals surface area contributed by atoms with E-state index in [0.29, 0.717) is 6.42 Å². The first kappa shape index (κ1) is 17.8. The maximum absolute atomic E-state index is 11.9. The fraction of sp³-hybridized carbons (Fsp3) is 0.867. The van der Waals surface area contributed by atoms with Gasteiger partial charge in [0.2, 0.25) is 0 Å². The van der Waals surface area contributed by atoms with Gasteiger partial charge >= 0.3 is 12.0 Å². The molecule has 1 fully saturated rings. The maximum atomic E-state index is 11.9. The van der Waals surface area contributed by atoms with Crippen molar-refractivity contribution >= 4 is 12.0 Å². The Hall–Kier alpha value is -1.30. The molecule has 0 heterocycles. The minimum Gasteiger partial charge on any atom is -0.481 e. The zero-order valence-corrected chi connectivity index (χ0v) is 13.1. The Morgan fingerprint density at radius 1 is 1.24 bits per heavy atom. The summed E-state index contributed by atoms with van der Waals surface area (Å²) in [5.74, 6) is -1.09. The van der Waals surface area contributed by atoms with Gasteiger partial charge < -0.3 is 21.5 Å². The summed E-state index contributed by atoms with van der Waals surface area (Å²) >= 11 is 0. The molecular formula is C15H29N3O3. The van der Waals surface area contributed by atoms with E-state index in [-0.39, 0.29) is 30.1 Å². The summed E-state index contributed by atoms with van der Waals surface area (Å²) < 4.78 is 0. The van der Waals surface area contributed by atoms with Gasteiger partial charge in [-0.25, -0.2) is 4.79 Å². The fourth-order valence-electron chi connectivity index (χ4n) is 2.70. The third-order valence-electron chi connectivity index (χ3n) is 4.21. The van der Waals surface area contributed by atoms with E-state index in [1.54, 1.807) is 6.92 Å². The molecule has 2 amide bonds. The Kier molecular flexibility index (Phi) is 7.50. The van der Waals surface area contributed by atoms with Crippen LogP contribution in [0.15, 0.2) is 0 Å². The second-order valence-corrected chi connectivity index (χ2v) is 6.24. The average molecular weight is 299 g/mol. The van der Waals surface area contributed by atoms with Crippen LogP contribution in [0.5, 0.6) is 0 Å². The van der Waals surface area contributed by atoms with Crippen molar-refractivity contribution in [3.63, 3.8) is 0 Å². The van der Waals surface area contributed by atoms with Crippen molar-refractivity contribution in [3.8, 4) is 0 Å². The van der Waals surface area contributed by atoms with Crippen LogP contribution in [0, 0.1) is 5.92 Å². The maximum Gasteiger partial charge on any atom is 0.315 e. The van der Waals surface area contributed by atoms with Crippen LogP contribution in [0.25, 0.3) is 0 Å². The SMILES string of the molecule is CC(CCCC(C)C(=O)O)NC(=O)NC1CCCCC1N. The molecular weight excluding hydrogens is 270 g/mol. The first-order valence-electron chi connectivity index (χ1n) is 7.95. The molecule has 1 aliphatic carbocycles. The van der Waals surface area contributed by atoms with Crippen molar-refractivity contribution in [2.75, 3.05) is 0 Å². The standard InChI is InChI=1S/C15H29N3O3/c1-10(14(19)20)6-5-7-11(2)17-15(21)18-13-9-4-3-8-12(13)16/h10-13H,3-9,16H2,1-2H3,(H,19,20)(H2,17,18,21). The number of carbonyl (C=O) groups is 2. The van der Waals surface area contributed by atoms with Crippen LogP contribution in [0.2, 0.25) is 0 Å². The second kappa shape index (κ2) is 8.87. The van der Waals surface area contributed by atoms with Crippen LogP contribution in [0.3, 0.4) is 0 Å². The normalized spacial score (nSPS) is 24.9. The number of urea groups is 1. The van der Waals surface area contributed by atoms with Crippen LogP contribution in [0.1, 0.15) is 58.8 Å². The van der Waals surface area contributed by atoms with E-state index in [1.807, 2.05) is 6.92 Å². The summed E-state index contributed by atoms with van der Waals surface area (Å²) in [7, 11) is 0. The molecule has 122 valence electrons. The number of carboxylic acids is 1. The first-order chi connectivity index (χ1) is 9.90. The number of aliphatic carboxylic acids is 1. The van der Waals surface area contributed by atoms with Gasteiger partial charge in [0.05, 0.1) is 5.92 Å². The molecule has 4 atom stereocenters.